The van der Waals surface area contributed by atoms with Gasteiger partial charge in [0.25, 0.3) is 0 Å². The number of unbranched alkanes of at least 4 members (excludes halogenated alkanes) is 15. The Labute approximate surface area is 213 Å². The predicted molar refractivity (Wildman–Crippen MR) is 140 cm³/mol. The van der Waals surface area contributed by atoms with E-state index in [4.69, 9.17) is 15.3 Å². The lowest BCUT2D eigenvalue weighted by Gasteiger charge is -2.23. The second-order valence-corrected chi connectivity index (χ2v) is 10.3. The minimum atomic E-state index is 0. The highest BCUT2D eigenvalue weighted by molar-refractivity contribution is 4.54. The molecule has 0 fully saturated rings. The van der Waals surface area contributed by atoms with Crippen LogP contribution in [0.25, 0.3) is 0 Å². The topological polar surface area (TPSA) is 63.9 Å². The Hall–Kier alpha value is 0.0900. The lowest BCUT2D eigenvalue weighted by atomic mass is 10.0. The maximum Gasteiger partial charge on any atom is 0.0780 e. The van der Waals surface area contributed by atoms with E-state index in [0.29, 0.717) is 19.6 Å². The molecular formula is C27H61ClN2O3. The Kier molecular flexibility index (Phi) is 34.4. The van der Waals surface area contributed by atoms with E-state index >= 15 is 0 Å². The molecule has 33 heavy (non-hydrogen) atoms. The van der Waals surface area contributed by atoms with Crippen molar-refractivity contribution < 1.29 is 32.2 Å². The lowest BCUT2D eigenvalue weighted by molar-refractivity contribution is -0.870. The molecule has 5 nitrogen and oxygen atoms in total. The zero-order chi connectivity index (χ0) is 24.3. The van der Waals surface area contributed by atoms with Crippen molar-refractivity contribution in [1.82, 2.24) is 4.90 Å². The van der Waals surface area contributed by atoms with Gasteiger partial charge in [-0.25, -0.2) is 0 Å². The van der Waals surface area contributed by atoms with Crippen LogP contribution in [0.4, 0.5) is 0 Å². The number of nitrogens with zero attached hydrogens (tertiary/aromatic N) is 2. The largest absolute Gasteiger partial charge is 1.00 e. The molecule has 0 aromatic carbocycles. The summed E-state index contributed by atoms with van der Waals surface area (Å²) in [5.74, 6) is 0. The van der Waals surface area contributed by atoms with Crippen molar-refractivity contribution in [3.63, 3.8) is 0 Å². The van der Waals surface area contributed by atoms with Gasteiger partial charge in [-0.2, -0.15) is 0 Å². The Balaban J connectivity index is -0.000000690. The summed E-state index contributed by atoms with van der Waals surface area (Å²) in [5.41, 5.74) is 0. The summed E-state index contributed by atoms with van der Waals surface area (Å²) < 4.78 is 1.12. The van der Waals surface area contributed by atoms with Gasteiger partial charge in [-0.15, -0.1) is 0 Å². The molecule has 0 saturated heterocycles. The first kappa shape index (κ1) is 37.6. The standard InChI is InChI=1S/C21H46N.C6H15NO3.ClH/c1-5-6-7-8-9-10-11-12-13-14-15-16-17-18-19-20-21-22(2,3)4;8-4-1-7(2-5-9)3-6-10;/h5-21H2,1-4H3;8-10H,1-6H2;1H/q+1;;/p-1. The number of hydrogen-bond donors (Lipinski definition) is 3. The fourth-order valence-corrected chi connectivity index (χ4v) is 3.89. The molecule has 0 rings (SSSR count). The van der Waals surface area contributed by atoms with E-state index < -0.39 is 0 Å². The third-order valence-corrected chi connectivity index (χ3v) is 5.93. The van der Waals surface area contributed by atoms with Crippen molar-refractivity contribution in [2.24, 2.45) is 0 Å². The Bertz CT molecular complexity index is 328. The maximum absolute atomic E-state index is 8.48. The number of quaternary nitrogens is 1. The van der Waals surface area contributed by atoms with Crippen molar-refractivity contribution >= 4 is 0 Å². The third-order valence-electron chi connectivity index (χ3n) is 5.93. The first-order valence-electron chi connectivity index (χ1n) is 13.8. The smallest absolute Gasteiger partial charge is 0.0780 e. The second kappa shape index (κ2) is 30.1. The number of rotatable bonds is 23. The highest BCUT2D eigenvalue weighted by Crippen LogP contribution is 2.13. The van der Waals surface area contributed by atoms with Crippen LogP contribution in [0.3, 0.4) is 0 Å². The molecule has 0 saturated carbocycles. The normalized spacial score (nSPS) is 11.3. The molecule has 0 aliphatic heterocycles. The van der Waals surface area contributed by atoms with Crippen LogP contribution < -0.4 is 12.4 Å². The van der Waals surface area contributed by atoms with E-state index in [1.807, 2.05) is 0 Å². The van der Waals surface area contributed by atoms with Crippen LogP contribution in [0.2, 0.25) is 0 Å². The Morgan fingerprint density at radius 1 is 0.485 bits per heavy atom. The van der Waals surface area contributed by atoms with E-state index in [2.05, 4.69) is 28.1 Å². The second-order valence-electron chi connectivity index (χ2n) is 10.3. The van der Waals surface area contributed by atoms with Crippen molar-refractivity contribution in [3.8, 4) is 0 Å². The number of aliphatic hydroxyl groups is 3. The molecule has 0 amide bonds. The molecule has 0 aliphatic rings. The van der Waals surface area contributed by atoms with Gasteiger partial charge in [0.2, 0.25) is 0 Å². The van der Waals surface area contributed by atoms with Gasteiger partial charge in [-0.05, 0) is 12.8 Å². The third kappa shape index (κ3) is 36.8. The highest BCUT2D eigenvalue weighted by atomic mass is 35.5. The summed E-state index contributed by atoms with van der Waals surface area (Å²) in [7, 11) is 6.89. The van der Waals surface area contributed by atoms with Crippen LogP contribution in [0, 0.1) is 0 Å². The average molecular weight is 497 g/mol. The van der Waals surface area contributed by atoms with Gasteiger partial charge in [0.15, 0.2) is 0 Å². The van der Waals surface area contributed by atoms with Gasteiger partial charge in [0, 0.05) is 19.6 Å². The first-order chi connectivity index (χ1) is 15.4. The fraction of sp³-hybridized carbons (Fsp3) is 1.00. The summed E-state index contributed by atoms with van der Waals surface area (Å²) in [6.45, 7) is 5.38. The van der Waals surface area contributed by atoms with Crippen molar-refractivity contribution in [3.05, 3.63) is 0 Å². The molecule has 0 radical (unpaired) electrons. The predicted octanol–water partition coefficient (Wildman–Crippen LogP) is 2.22. The van der Waals surface area contributed by atoms with Crippen LogP contribution >= 0.6 is 0 Å². The molecule has 204 valence electrons. The van der Waals surface area contributed by atoms with Gasteiger partial charge in [-0.3, -0.25) is 4.90 Å². The van der Waals surface area contributed by atoms with Crippen LogP contribution in [-0.2, 0) is 0 Å². The van der Waals surface area contributed by atoms with Crippen LogP contribution in [-0.4, -0.2) is 91.8 Å². The van der Waals surface area contributed by atoms with E-state index in [1.54, 1.807) is 4.90 Å². The average Bonchev–Trinajstić information content (AvgIpc) is 2.74. The number of hydrogen-bond acceptors (Lipinski definition) is 4. The van der Waals surface area contributed by atoms with Crippen LogP contribution in [0.15, 0.2) is 0 Å². The summed E-state index contributed by atoms with van der Waals surface area (Å²) >= 11 is 0. The Morgan fingerprint density at radius 3 is 1.00 bits per heavy atom. The summed E-state index contributed by atoms with van der Waals surface area (Å²) in [6.07, 6.45) is 23.4. The minimum absolute atomic E-state index is 0. The Morgan fingerprint density at radius 2 is 0.758 bits per heavy atom. The van der Waals surface area contributed by atoms with Crippen molar-refractivity contribution in [2.45, 2.75) is 110 Å². The molecule has 0 heterocycles. The summed E-state index contributed by atoms with van der Waals surface area (Å²) in [6, 6.07) is 0. The zero-order valence-electron chi connectivity index (χ0n) is 22.9. The zero-order valence-corrected chi connectivity index (χ0v) is 23.6. The molecular weight excluding hydrogens is 436 g/mol. The van der Waals surface area contributed by atoms with E-state index in [9.17, 15) is 0 Å². The number of halogens is 1. The SMILES string of the molecule is CCCCCCCCCCCCCCCCCC[N+](C)(C)C.OCCN(CCO)CCO.[Cl-]. The molecule has 0 aliphatic carbocycles. The molecule has 0 aromatic heterocycles. The maximum atomic E-state index is 8.48. The number of aliphatic hydroxyl groups excluding tert-OH is 3. The van der Waals surface area contributed by atoms with Gasteiger partial charge in [0.05, 0.1) is 47.5 Å². The van der Waals surface area contributed by atoms with E-state index in [1.165, 1.54) is 109 Å². The first-order valence-corrected chi connectivity index (χ1v) is 13.8. The van der Waals surface area contributed by atoms with Gasteiger partial charge in [0.1, 0.15) is 0 Å². The molecule has 3 N–H and O–H groups in total. The van der Waals surface area contributed by atoms with Gasteiger partial charge >= 0.3 is 0 Å². The molecule has 0 atom stereocenters. The van der Waals surface area contributed by atoms with Crippen LogP contribution in [0.5, 0.6) is 0 Å². The minimum Gasteiger partial charge on any atom is -1.00 e. The molecule has 0 bridgehead atoms. The lowest BCUT2D eigenvalue weighted by Crippen LogP contribution is -3.00. The van der Waals surface area contributed by atoms with Crippen molar-refractivity contribution in [2.75, 3.05) is 67.1 Å². The van der Waals surface area contributed by atoms with E-state index in [-0.39, 0.29) is 32.2 Å². The van der Waals surface area contributed by atoms with Crippen LogP contribution in [0.1, 0.15) is 110 Å². The molecule has 6 heteroatoms. The van der Waals surface area contributed by atoms with Gasteiger partial charge in [-0.1, -0.05) is 96.8 Å². The van der Waals surface area contributed by atoms with Crippen molar-refractivity contribution in [1.29, 1.82) is 0 Å². The molecule has 0 unspecified atom stereocenters. The summed E-state index contributed by atoms with van der Waals surface area (Å²) in [5, 5.41) is 25.5. The molecule has 0 aromatic rings. The molecule has 0 spiro atoms. The highest BCUT2D eigenvalue weighted by Gasteiger charge is 2.05. The van der Waals surface area contributed by atoms with E-state index in [0.717, 1.165) is 4.48 Å². The monoisotopic (exact) mass is 496 g/mol. The fourth-order valence-electron chi connectivity index (χ4n) is 3.89. The van der Waals surface area contributed by atoms with Gasteiger partial charge < -0.3 is 32.2 Å². The summed E-state index contributed by atoms with van der Waals surface area (Å²) in [4.78, 5) is 1.79. The quantitative estimate of drug-likeness (QED) is 0.150.